The molecule has 23 heavy (non-hydrogen) atoms. The van der Waals surface area contributed by atoms with Crippen LogP contribution in [0.15, 0.2) is 64.9 Å². The largest absolute Gasteiger partial charge is 0.264 e. The van der Waals surface area contributed by atoms with Crippen molar-refractivity contribution in [1.29, 1.82) is 0 Å². The number of anilines is 1. The molecule has 0 heterocycles. The molecule has 0 aliphatic rings. The first-order valence-electron chi connectivity index (χ1n) is 7.25. The Morgan fingerprint density at radius 3 is 2.30 bits per heavy atom. The standard InChI is InChI=1S/C18H21NO2S2/c1-5-12-19(18-11-6-14(2)13-15(18)3)23(20,21)17-9-7-16(22-4)8-10-17/h5-11,13H,1,12H2,2-4H3. The maximum atomic E-state index is 13.0. The summed E-state index contributed by atoms with van der Waals surface area (Å²) in [5.74, 6) is 0. The minimum Gasteiger partial charge on any atom is -0.262 e. The van der Waals surface area contributed by atoms with Crippen molar-refractivity contribution in [2.45, 2.75) is 23.6 Å². The van der Waals surface area contributed by atoms with E-state index in [-0.39, 0.29) is 11.4 Å². The average Bonchev–Trinajstić information content (AvgIpc) is 2.53. The zero-order valence-electron chi connectivity index (χ0n) is 13.6. The molecule has 0 amide bonds. The Morgan fingerprint density at radius 1 is 1.13 bits per heavy atom. The Balaban J connectivity index is 2.51. The number of thioether (sulfide) groups is 1. The predicted molar refractivity (Wildman–Crippen MR) is 98.9 cm³/mol. The van der Waals surface area contributed by atoms with Gasteiger partial charge in [-0.25, -0.2) is 8.42 Å². The van der Waals surface area contributed by atoms with Crippen molar-refractivity contribution in [3.05, 3.63) is 66.2 Å². The summed E-state index contributed by atoms with van der Waals surface area (Å²) in [7, 11) is -3.62. The van der Waals surface area contributed by atoms with Crippen LogP contribution < -0.4 is 4.31 Å². The highest BCUT2D eigenvalue weighted by Crippen LogP contribution is 2.28. The predicted octanol–water partition coefficient (Wildman–Crippen LogP) is 4.41. The van der Waals surface area contributed by atoms with Gasteiger partial charge in [0, 0.05) is 4.90 Å². The fourth-order valence-corrected chi connectivity index (χ4v) is 4.31. The second kappa shape index (κ2) is 7.23. The van der Waals surface area contributed by atoms with E-state index in [1.165, 1.54) is 4.31 Å². The van der Waals surface area contributed by atoms with E-state index in [0.29, 0.717) is 5.69 Å². The summed E-state index contributed by atoms with van der Waals surface area (Å²) in [4.78, 5) is 1.32. The molecular formula is C18H21NO2S2. The lowest BCUT2D eigenvalue weighted by Gasteiger charge is -2.25. The zero-order valence-corrected chi connectivity index (χ0v) is 15.2. The monoisotopic (exact) mass is 347 g/mol. The van der Waals surface area contributed by atoms with Crippen molar-refractivity contribution < 1.29 is 8.42 Å². The molecule has 0 aliphatic heterocycles. The molecule has 0 bridgehead atoms. The molecule has 5 heteroatoms. The van der Waals surface area contributed by atoms with Gasteiger partial charge in [0.15, 0.2) is 0 Å². The van der Waals surface area contributed by atoms with Crippen molar-refractivity contribution in [2.75, 3.05) is 17.1 Å². The molecule has 2 aromatic carbocycles. The van der Waals surface area contributed by atoms with Crippen molar-refractivity contribution >= 4 is 27.5 Å². The molecule has 0 radical (unpaired) electrons. The van der Waals surface area contributed by atoms with E-state index in [0.717, 1.165) is 16.0 Å². The number of nitrogens with zero attached hydrogens (tertiary/aromatic N) is 1. The molecule has 0 saturated carbocycles. The van der Waals surface area contributed by atoms with Gasteiger partial charge in [0.2, 0.25) is 0 Å². The maximum Gasteiger partial charge on any atom is 0.264 e. The first kappa shape index (κ1) is 17.6. The minimum atomic E-state index is -3.62. The molecule has 0 saturated heterocycles. The Labute approximate surface area is 143 Å². The van der Waals surface area contributed by atoms with E-state index in [9.17, 15) is 8.42 Å². The molecule has 0 fully saturated rings. The Bertz CT molecular complexity index is 796. The van der Waals surface area contributed by atoms with Crippen molar-refractivity contribution in [3.8, 4) is 0 Å². The van der Waals surface area contributed by atoms with Crippen LogP contribution in [-0.2, 0) is 10.0 Å². The highest BCUT2D eigenvalue weighted by Gasteiger charge is 2.25. The Kier molecular flexibility index (Phi) is 5.55. The normalized spacial score (nSPS) is 11.3. The van der Waals surface area contributed by atoms with Gasteiger partial charge in [0.05, 0.1) is 17.1 Å². The lowest BCUT2D eigenvalue weighted by Crippen LogP contribution is -2.31. The highest BCUT2D eigenvalue weighted by molar-refractivity contribution is 7.98. The molecular weight excluding hydrogens is 326 g/mol. The lowest BCUT2D eigenvalue weighted by molar-refractivity contribution is 0.592. The lowest BCUT2D eigenvalue weighted by atomic mass is 10.1. The molecule has 122 valence electrons. The molecule has 0 N–H and O–H groups in total. The minimum absolute atomic E-state index is 0.233. The number of rotatable bonds is 6. The summed E-state index contributed by atoms with van der Waals surface area (Å²) in [5, 5.41) is 0. The number of aryl methyl sites for hydroxylation is 2. The number of benzene rings is 2. The van der Waals surface area contributed by atoms with Crippen LogP contribution in [0.5, 0.6) is 0 Å². The quantitative estimate of drug-likeness (QED) is 0.574. The van der Waals surface area contributed by atoms with Crippen LogP contribution in [0.2, 0.25) is 0 Å². The van der Waals surface area contributed by atoms with E-state index in [1.807, 2.05) is 50.4 Å². The maximum absolute atomic E-state index is 13.0. The van der Waals surface area contributed by atoms with Gasteiger partial charge in [-0.15, -0.1) is 18.3 Å². The molecule has 0 unspecified atom stereocenters. The van der Waals surface area contributed by atoms with Crippen molar-refractivity contribution in [2.24, 2.45) is 0 Å². The van der Waals surface area contributed by atoms with Gasteiger partial charge in [0.25, 0.3) is 10.0 Å². The van der Waals surface area contributed by atoms with Gasteiger partial charge in [-0.05, 0) is 56.0 Å². The molecule has 0 spiro atoms. The summed E-state index contributed by atoms with van der Waals surface area (Å²) in [6.45, 7) is 7.84. The smallest absolute Gasteiger partial charge is 0.262 e. The van der Waals surface area contributed by atoms with Crippen LogP contribution in [0.25, 0.3) is 0 Å². The van der Waals surface area contributed by atoms with Crippen LogP contribution in [0, 0.1) is 13.8 Å². The van der Waals surface area contributed by atoms with Gasteiger partial charge >= 0.3 is 0 Å². The van der Waals surface area contributed by atoms with Gasteiger partial charge < -0.3 is 0 Å². The third-order valence-corrected chi connectivity index (χ3v) is 6.10. The zero-order chi connectivity index (χ0) is 17.0. The van der Waals surface area contributed by atoms with Crippen molar-refractivity contribution in [3.63, 3.8) is 0 Å². The van der Waals surface area contributed by atoms with Crippen LogP contribution in [0.1, 0.15) is 11.1 Å². The van der Waals surface area contributed by atoms with Crippen molar-refractivity contribution in [1.82, 2.24) is 0 Å². The van der Waals surface area contributed by atoms with Gasteiger partial charge in [-0.2, -0.15) is 0 Å². The summed E-state index contributed by atoms with van der Waals surface area (Å²) < 4.78 is 27.5. The third kappa shape index (κ3) is 3.79. The third-order valence-electron chi connectivity index (χ3n) is 3.56. The first-order chi connectivity index (χ1) is 10.9. The van der Waals surface area contributed by atoms with E-state index >= 15 is 0 Å². The second-order valence-electron chi connectivity index (χ2n) is 5.29. The molecule has 0 aromatic heterocycles. The number of sulfonamides is 1. The second-order valence-corrected chi connectivity index (χ2v) is 8.03. The summed E-state index contributed by atoms with van der Waals surface area (Å²) in [6, 6.07) is 12.7. The van der Waals surface area contributed by atoms with Crippen LogP contribution in [0.3, 0.4) is 0 Å². The Morgan fingerprint density at radius 2 is 1.78 bits per heavy atom. The molecule has 2 aromatic rings. The van der Waals surface area contributed by atoms with E-state index in [4.69, 9.17) is 0 Å². The molecule has 0 atom stereocenters. The van der Waals surface area contributed by atoms with E-state index in [1.54, 1.807) is 30.0 Å². The summed E-state index contributed by atoms with van der Waals surface area (Å²) >= 11 is 1.58. The molecule has 0 aliphatic carbocycles. The Hall–Kier alpha value is -1.72. The number of hydrogen-bond acceptors (Lipinski definition) is 3. The van der Waals surface area contributed by atoms with Crippen LogP contribution >= 0.6 is 11.8 Å². The average molecular weight is 348 g/mol. The topological polar surface area (TPSA) is 37.4 Å². The SMILES string of the molecule is C=CCN(c1ccc(C)cc1C)S(=O)(=O)c1ccc(SC)cc1. The highest BCUT2D eigenvalue weighted by atomic mass is 32.2. The number of hydrogen-bond donors (Lipinski definition) is 0. The van der Waals surface area contributed by atoms with Gasteiger partial charge in [0.1, 0.15) is 0 Å². The van der Waals surface area contributed by atoms with Crippen LogP contribution in [-0.4, -0.2) is 21.2 Å². The first-order valence-corrected chi connectivity index (χ1v) is 9.91. The molecule has 2 rings (SSSR count). The summed E-state index contributed by atoms with van der Waals surface area (Å²) in [6.07, 6.45) is 3.57. The van der Waals surface area contributed by atoms with Crippen LogP contribution in [0.4, 0.5) is 5.69 Å². The fraction of sp³-hybridized carbons (Fsp3) is 0.222. The summed E-state index contributed by atoms with van der Waals surface area (Å²) in [5.41, 5.74) is 2.71. The van der Waals surface area contributed by atoms with Gasteiger partial charge in [-0.3, -0.25) is 4.31 Å². The van der Waals surface area contributed by atoms with E-state index in [2.05, 4.69) is 6.58 Å². The fourth-order valence-electron chi connectivity index (χ4n) is 2.40. The molecule has 3 nitrogen and oxygen atoms in total. The van der Waals surface area contributed by atoms with E-state index < -0.39 is 10.0 Å². The van der Waals surface area contributed by atoms with Gasteiger partial charge in [-0.1, -0.05) is 23.8 Å².